The monoisotopic (exact) mass is 480 g/mol. The Morgan fingerprint density at radius 1 is 0.471 bits per heavy atom. The van der Waals surface area contributed by atoms with Crippen LogP contribution in [0.2, 0.25) is 0 Å². The van der Waals surface area contributed by atoms with Crippen molar-refractivity contribution in [2.75, 3.05) is 21.3 Å². The van der Waals surface area contributed by atoms with Crippen LogP contribution in [-0.4, -0.2) is 56.6 Å². The van der Waals surface area contributed by atoms with Crippen LogP contribution in [0, 0.1) is 0 Å². The van der Waals surface area contributed by atoms with Crippen molar-refractivity contribution >= 4 is 35.3 Å². The van der Waals surface area contributed by atoms with Crippen LogP contribution in [0.25, 0.3) is 0 Å². The van der Waals surface area contributed by atoms with Gasteiger partial charge >= 0.3 is 17.4 Å². The molecule has 9 nitrogen and oxygen atoms in total. The van der Waals surface area contributed by atoms with Crippen molar-refractivity contribution in [3.8, 4) is 17.2 Å². The first-order chi connectivity index (χ1) is 15.7. The molecule has 0 atom stereocenters. The van der Waals surface area contributed by atoms with Crippen molar-refractivity contribution in [3.05, 3.63) is 89.5 Å². The molecule has 0 bridgehead atoms. The fraction of sp³-hybridized carbons (Fsp3) is 0.125. The van der Waals surface area contributed by atoms with Gasteiger partial charge in [0.2, 0.25) is 0 Å². The van der Waals surface area contributed by atoms with Crippen LogP contribution >= 0.6 is 0 Å². The van der Waals surface area contributed by atoms with Crippen molar-refractivity contribution in [1.29, 1.82) is 0 Å². The van der Waals surface area contributed by atoms with Crippen LogP contribution in [0.4, 0.5) is 0 Å². The summed E-state index contributed by atoms with van der Waals surface area (Å²) in [4.78, 5) is 30.7. The first kappa shape index (κ1) is 30.0. The van der Waals surface area contributed by atoms with E-state index in [1.165, 1.54) is 57.7 Å². The zero-order valence-electron chi connectivity index (χ0n) is 18.7. The second kappa shape index (κ2) is 15.7. The summed E-state index contributed by atoms with van der Waals surface area (Å²) in [5.41, 5.74) is 0.474. The van der Waals surface area contributed by atoms with Crippen LogP contribution in [0.1, 0.15) is 31.1 Å². The number of carbonyl (C=O) groups excluding carboxylic acids is 3. The Morgan fingerprint density at radius 3 is 0.765 bits per heavy atom. The Bertz CT molecular complexity index is 895. The number of hydrogen-bond acceptors (Lipinski definition) is 9. The number of carboxylic acids is 3. The summed E-state index contributed by atoms with van der Waals surface area (Å²) >= 11 is 0. The number of rotatable bonds is 6. The minimum atomic E-state index is -1.17. The minimum absolute atomic E-state index is 0. The summed E-state index contributed by atoms with van der Waals surface area (Å²) in [6.45, 7) is 0. The van der Waals surface area contributed by atoms with Gasteiger partial charge in [-0.05, 0) is 89.5 Å². The molecule has 0 radical (unpaired) electrons. The Hall–Kier alpha value is -4.00. The SMILES string of the molecule is COc1ccc(C(=O)[O-])cc1.COc1ccc(C(=O)[O-])cc1.COc1ccc(C(=O)[O-])cc1.[Al+3]. The van der Waals surface area contributed by atoms with Crippen LogP contribution in [0.5, 0.6) is 17.2 Å². The van der Waals surface area contributed by atoms with Crippen molar-refractivity contribution in [1.82, 2.24) is 0 Å². The van der Waals surface area contributed by atoms with E-state index < -0.39 is 17.9 Å². The van der Waals surface area contributed by atoms with Gasteiger partial charge in [-0.1, -0.05) is 0 Å². The Labute approximate surface area is 207 Å². The summed E-state index contributed by atoms with van der Waals surface area (Å²) in [5.74, 6) is -1.62. The van der Waals surface area contributed by atoms with Gasteiger partial charge in [-0.3, -0.25) is 0 Å². The van der Waals surface area contributed by atoms with Gasteiger partial charge in [-0.2, -0.15) is 0 Å². The number of methoxy groups -OCH3 is 3. The number of carboxylic acid groups (broad SMARTS) is 3. The Kier molecular flexibility index (Phi) is 13.9. The maximum atomic E-state index is 10.2. The predicted molar refractivity (Wildman–Crippen MR) is 118 cm³/mol. The number of carbonyl (C=O) groups is 3. The third-order valence-electron chi connectivity index (χ3n) is 3.98. The van der Waals surface area contributed by atoms with Crippen molar-refractivity contribution < 1.29 is 43.9 Å². The number of benzene rings is 3. The fourth-order valence-corrected chi connectivity index (χ4v) is 2.18. The Balaban J connectivity index is 0.000000473. The van der Waals surface area contributed by atoms with E-state index in [0.717, 1.165) is 0 Å². The van der Waals surface area contributed by atoms with E-state index >= 15 is 0 Å². The van der Waals surface area contributed by atoms with E-state index in [-0.39, 0.29) is 34.1 Å². The first-order valence-electron chi connectivity index (χ1n) is 9.28. The number of ether oxygens (including phenoxy) is 3. The van der Waals surface area contributed by atoms with Gasteiger partial charge in [-0.25, -0.2) is 0 Å². The second-order valence-corrected chi connectivity index (χ2v) is 6.05. The number of aromatic carboxylic acids is 3. The molecule has 0 N–H and O–H groups in total. The van der Waals surface area contributed by atoms with Gasteiger partial charge in [0.15, 0.2) is 0 Å². The van der Waals surface area contributed by atoms with E-state index in [1.54, 1.807) is 36.4 Å². The second-order valence-electron chi connectivity index (χ2n) is 6.05. The van der Waals surface area contributed by atoms with Crippen molar-refractivity contribution in [3.63, 3.8) is 0 Å². The molecule has 0 heterocycles. The largest absolute Gasteiger partial charge is 3.00 e. The molecular formula is C24H21AlO9. The smallest absolute Gasteiger partial charge is 0.545 e. The van der Waals surface area contributed by atoms with E-state index in [4.69, 9.17) is 14.2 Å². The molecule has 3 aromatic carbocycles. The van der Waals surface area contributed by atoms with E-state index in [0.29, 0.717) is 17.2 Å². The maximum absolute atomic E-state index is 10.2. The predicted octanol–water partition coefficient (Wildman–Crippen LogP) is -0.205. The molecule has 3 aromatic rings. The maximum Gasteiger partial charge on any atom is 3.00 e. The Morgan fingerprint density at radius 2 is 0.647 bits per heavy atom. The average molecular weight is 480 g/mol. The summed E-state index contributed by atoms with van der Waals surface area (Å²) < 4.78 is 14.5. The van der Waals surface area contributed by atoms with Gasteiger partial charge in [0, 0.05) is 0 Å². The molecule has 174 valence electrons. The van der Waals surface area contributed by atoms with Gasteiger partial charge < -0.3 is 43.9 Å². The molecule has 0 aliphatic carbocycles. The quantitative estimate of drug-likeness (QED) is 0.437. The van der Waals surface area contributed by atoms with Gasteiger partial charge in [0.05, 0.1) is 39.2 Å². The fourth-order valence-electron chi connectivity index (χ4n) is 2.18. The summed E-state index contributed by atoms with van der Waals surface area (Å²) in [6, 6.07) is 18.1. The molecular weight excluding hydrogens is 459 g/mol. The topological polar surface area (TPSA) is 148 Å². The van der Waals surface area contributed by atoms with Gasteiger partial charge in [0.1, 0.15) is 17.2 Å². The van der Waals surface area contributed by atoms with E-state index in [1.807, 2.05) is 0 Å². The molecule has 0 aromatic heterocycles. The van der Waals surface area contributed by atoms with Gasteiger partial charge in [0.25, 0.3) is 0 Å². The van der Waals surface area contributed by atoms with Crippen LogP contribution < -0.4 is 29.5 Å². The van der Waals surface area contributed by atoms with E-state index in [2.05, 4.69) is 0 Å². The zero-order chi connectivity index (χ0) is 24.8. The molecule has 0 aliphatic heterocycles. The molecule has 0 aliphatic rings. The number of hydrogen-bond donors (Lipinski definition) is 0. The zero-order valence-corrected chi connectivity index (χ0v) is 19.8. The van der Waals surface area contributed by atoms with Crippen molar-refractivity contribution in [2.24, 2.45) is 0 Å². The molecule has 10 heteroatoms. The van der Waals surface area contributed by atoms with E-state index in [9.17, 15) is 29.7 Å². The molecule has 0 spiro atoms. The summed E-state index contributed by atoms with van der Waals surface area (Å²) in [5, 5.41) is 30.7. The summed E-state index contributed by atoms with van der Waals surface area (Å²) in [6.07, 6.45) is 0. The van der Waals surface area contributed by atoms with Gasteiger partial charge in [-0.15, -0.1) is 0 Å². The van der Waals surface area contributed by atoms with Crippen molar-refractivity contribution in [2.45, 2.75) is 0 Å². The molecule has 3 rings (SSSR count). The molecule has 0 amide bonds. The third kappa shape index (κ3) is 10.5. The third-order valence-corrected chi connectivity index (χ3v) is 3.98. The standard InChI is InChI=1S/3C8H8O3.Al/c3*1-11-7-4-2-6(3-5-7)8(9)10;/h3*2-5H,1H3,(H,9,10);/q;;;+3/p-3. The molecule has 0 fully saturated rings. The normalized spacial score (nSPS) is 8.91. The molecule has 0 saturated heterocycles. The molecule has 0 unspecified atom stereocenters. The van der Waals surface area contributed by atoms with Crippen LogP contribution in [-0.2, 0) is 0 Å². The van der Waals surface area contributed by atoms with Crippen LogP contribution in [0.15, 0.2) is 72.8 Å². The van der Waals surface area contributed by atoms with Crippen LogP contribution in [0.3, 0.4) is 0 Å². The first-order valence-corrected chi connectivity index (χ1v) is 9.28. The molecule has 34 heavy (non-hydrogen) atoms. The molecule has 0 saturated carbocycles. The summed E-state index contributed by atoms with van der Waals surface area (Å²) in [7, 11) is 4.57. The minimum Gasteiger partial charge on any atom is -0.545 e. The average Bonchev–Trinajstić information content (AvgIpc) is 2.84.